The molecule has 2 aromatic carbocycles. The minimum absolute atomic E-state index is 0.0404. The lowest BCUT2D eigenvalue weighted by molar-refractivity contribution is -0.133. The smallest absolute Gasteiger partial charge is 0.271 e. The van der Waals surface area contributed by atoms with E-state index in [1.807, 2.05) is 30.3 Å². The number of aromatic amines is 1. The van der Waals surface area contributed by atoms with Gasteiger partial charge in [-0.1, -0.05) is 48.4 Å². The highest BCUT2D eigenvalue weighted by atomic mass is 35.5. The second-order valence-corrected chi connectivity index (χ2v) is 12.2. The van der Waals surface area contributed by atoms with Crippen molar-refractivity contribution in [1.29, 1.82) is 0 Å². The number of aromatic nitrogens is 1. The summed E-state index contributed by atoms with van der Waals surface area (Å²) in [4.78, 5) is 57.5. The fraction of sp³-hybridized carbons (Fsp3) is 0.438. The third kappa shape index (κ3) is 5.86. The fourth-order valence-corrected chi connectivity index (χ4v) is 7.14. The Morgan fingerprint density at radius 2 is 1.93 bits per heavy atom. The second kappa shape index (κ2) is 12.4. The van der Waals surface area contributed by atoms with Gasteiger partial charge in [0.25, 0.3) is 5.91 Å². The summed E-state index contributed by atoms with van der Waals surface area (Å²) in [6, 6.07) is 13.1. The number of nitrogens with zero attached hydrogens (tertiary/aromatic N) is 1. The summed E-state index contributed by atoms with van der Waals surface area (Å²) < 4.78 is 6.08. The highest BCUT2D eigenvalue weighted by Crippen LogP contribution is 2.43. The molecule has 3 heterocycles. The molecule has 3 aromatic rings. The first-order valence-electron chi connectivity index (χ1n) is 14.8. The molecule has 0 bridgehead atoms. The minimum atomic E-state index is -1.01. The number of carbonyl (C=O) groups is 4. The maximum Gasteiger partial charge on any atom is 0.271 e. The van der Waals surface area contributed by atoms with Crippen LogP contribution in [0, 0.1) is 17.8 Å². The van der Waals surface area contributed by atoms with Crippen LogP contribution in [0.4, 0.5) is 0 Å². The van der Waals surface area contributed by atoms with Crippen LogP contribution in [0.25, 0.3) is 10.9 Å². The summed E-state index contributed by atoms with van der Waals surface area (Å²) >= 11 is 6.52. The predicted molar refractivity (Wildman–Crippen MR) is 159 cm³/mol. The summed E-state index contributed by atoms with van der Waals surface area (Å²) in [5.74, 6) is -1.23. The molecule has 5 unspecified atom stereocenters. The Kier molecular flexibility index (Phi) is 8.41. The largest absolute Gasteiger partial charge is 0.487 e. The molecule has 0 spiro atoms. The van der Waals surface area contributed by atoms with Crippen LogP contribution in [-0.4, -0.2) is 70.3 Å². The molecular formula is C32H35ClN4O6. The zero-order chi connectivity index (χ0) is 30.1. The maximum atomic E-state index is 14.0. The van der Waals surface area contributed by atoms with Gasteiger partial charge in [-0.2, -0.15) is 0 Å². The molecule has 2 aliphatic heterocycles. The molecule has 1 aromatic heterocycles. The molecule has 5 atom stereocenters. The van der Waals surface area contributed by atoms with Crippen molar-refractivity contribution in [2.24, 2.45) is 17.8 Å². The van der Waals surface area contributed by atoms with E-state index in [-0.39, 0.29) is 35.8 Å². The van der Waals surface area contributed by atoms with E-state index in [2.05, 4.69) is 15.6 Å². The minimum Gasteiger partial charge on any atom is -0.487 e. The molecule has 1 aliphatic carbocycles. The van der Waals surface area contributed by atoms with E-state index in [0.717, 1.165) is 24.8 Å². The van der Waals surface area contributed by atoms with Crippen LogP contribution in [0.1, 0.15) is 48.2 Å². The van der Waals surface area contributed by atoms with Gasteiger partial charge in [0, 0.05) is 24.4 Å². The van der Waals surface area contributed by atoms with Crippen LogP contribution in [-0.2, 0) is 21.0 Å². The van der Waals surface area contributed by atoms with Crippen molar-refractivity contribution in [3.63, 3.8) is 0 Å². The Bertz CT molecular complexity index is 1540. The first-order valence-corrected chi connectivity index (χ1v) is 15.2. The summed E-state index contributed by atoms with van der Waals surface area (Å²) in [6.07, 6.45) is 3.34. The van der Waals surface area contributed by atoms with Gasteiger partial charge in [-0.05, 0) is 61.3 Å². The number of ether oxygens (including phenoxy) is 1. The molecule has 3 aliphatic rings. The van der Waals surface area contributed by atoms with Crippen molar-refractivity contribution >= 4 is 46.0 Å². The van der Waals surface area contributed by atoms with Crippen LogP contribution in [0.3, 0.4) is 0 Å². The van der Waals surface area contributed by atoms with Crippen LogP contribution in [0.5, 0.6) is 5.75 Å². The molecule has 226 valence electrons. The lowest BCUT2D eigenvalue weighted by Gasteiger charge is -2.29. The molecule has 6 rings (SSSR count). The number of amides is 3. The summed E-state index contributed by atoms with van der Waals surface area (Å²) in [5.41, 5.74) is 1.88. The first kappa shape index (κ1) is 29.2. The second-order valence-electron chi connectivity index (χ2n) is 11.7. The number of Topliss-reactive ketones (excluding diaryl/α,β-unsaturated/α-hetero) is 1. The van der Waals surface area contributed by atoms with Gasteiger partial charge in [0.15, 0.2) is 5.78 Å². The number of hydrogen-bond acceptors (Lipinski definition) is 6. The van der Waals surface area contributed by atoms with Crippen molar-refractivity contribution in [3.8, 4) is 5.75 Å². The number of hydrogen-bond donors (Lipinski definition) is 4. The molecule has 1 saturated carbocycles. The average Bonchev–Trinajstić information content (AvgIpc) is 3.81. The summed E-state index contributed by atoms with van der Waals surface area (Å²) in [6.45, 7) is 0.530. The van der Waals surface area contributed by atoms with Gasteiger partial charge in [0.2, 0.25) is 11.8 Å². The van der Waals surface area contributed by atoms with E-state index in [0.29, 0.717) is 47.8 Å². The van der Waals surface area contributed by atoms with Gasteiger partial charge in [-0.15, -0.1) is 0 Å². The Hall–Kier alpha value is -3.89. The Labute approximate surface area is 254 Å². The van der Waals surface area contributed by atoms with Gasteiger partial charge in [-0.25, -0.2) is 0 Å². The topological polar surface area (TPSA) is 141 Å². The molecule has 11 heteroatoms. The number of halogens is 1. The highest BCUT2D eigenvalue weighted by molar-refractivity contribution is 6.35. The molecule has 3 fully saturated rings. The van der Waals surface area contributed by atoms with Crippen molar-refractivity contribution in [2.75, 3.05) is 19.7 Å². The monoisotopic (exact) mass is 606 g/mol. The van der Waals surface area contributed by atoms with Crippen LogP contribution >= 0.6 is 11.6 Å². The van der Waals surface area contributed by atoms with E-state index in [1.54, 1.807) is 23.1 Å². The zero-order valence-electron chi connectivity index (χ0n) is 23.7. The molecule has 0 radical (unpaired) electrons. The maximum absolute atomic E-state index is 14.0. The van der Waals surface area contributed by atoms with Gasteiger partial charge in [0.1, 0.15) is 30.7 Å². The predicted octanol–water partition coefficient (Wildman–Crippen LogP) is 3.21. The number of carbonyl (C=O) groups excluding carboxylic acids is 4. The van der Waals surface area contributed by atoms with E-state index in [1.165, 1.54) is 0 Å². The molecule has 3 amide bonds. The number of aliphatic hydroxyl groups excluding tert-OH is 1. The Balaban J connectivity index is 1.24. The van der Waals surface area contributed by atoms with Crippen LogP contribution in [0.2, 0.25) is 5.02 Å². The SMILES string of the molecule is O=C1NCCC1CC(NC(=O)C1C2CCCC2CN1C(=O)c1cc2c(Cl)ccc(OCc3ccccc3)c2[nH]1)C(=O)CO. The first-order chi connectivity index (χ1) is 20.8. The van der Waals surface area contributed by atoms with Crippen LogP contribution in [0.15, 0.2) is 48.5 Å². The summed E-state index contributed by atoms with van der Waals surface area (Å²) in [5, 5.41) is 16.2. The van der Waals surface area contributed by atoms with Gasteiger partial charge >= 0.3 is 0 Å². The molecule has 10 nitrogen and oxygen atoms in total. The van der Waals surface area contributed by atoms with E-state index < -0.39 is 36.3 Å². The normalized spacial score (nSPS) is 23.7. The lowest BCUT2D eigenvalue weighted by atomic mass is 9.92. The van der Waals surface area contributed by atoms with E-state index in [9.17, 15) is 24.3 Å². The number of nitrogens with one attached hydrogen (secondary N) is 3. The zero-order valence-corrected chi connectivity index (χ0v) is 24.4. The number of ketones is 1. The van der Waals surface area contributed by atoms with Gasteiger partial charge < -0.3 is 30.4 Å². The molecule has 43 heavy (non-hydrogen) atoms. The number of fused-ring (bicyclic) bond motifs is 2. The average molecular weight is 607 g/mol. The molecule has 4 N–H and O–H groups in total. The number of likely N-dealkylation sites (tertiary alicyclic amines) is 1. The van der Waals surface area contributed by atoms with E-state index >= 15 is 0 Å². The third-order valence-electron chi connectivity index (χ3n) is 9.13. The Morgan fingerprint density at radius 1 is 1.12 bits per heavy atom. The lowest BCUT2D eigenvalue weighted by Crippen LogP contribution is -2.53. The Morgan fingerprint density at radius 3 is 2.67 bits per heavy atom. The third-order valence-corrected chi connectivity index (χ3v) is 9.46. The van der Waals surface area contributed by atoms with Crippen LogP contribution < -0.4 is 15.4 Å². The standard InChI is InChI=1S/C32H35ClN4O6/c33-23-9-10-27(43-17-18-5-2-1-3-6-18)28-22(23)14-25(35-28)32(42)37-15-20-7-4-8-21(20)29(37)31(41)36-24(26(39)16-38)13-19-11-12-34-30(19)40/h1-3,5-6,9-10,14,19-21,24,29,35,38H,4,7-8,11-13,15-17H2,(H,34,40)(H,36,41). The van der Waals surface area contributed by atoms with Gasteiger partial charge in [0.05, 0.1) is 16.6 Å². The number of aliphatic hydroxyl groups is 1. The number of rotatable bonds is 10. The van der Waals surface area contributed by atoms with Crippen molar-refractivity contribution in [2.45, 2.75) is 50.8 Å². The molecule has 2 saturated heterocycles. The fourth-order valence-electron chi connectivity index (χ4n) is 6.93. The molecular weight excluding hydrogens is 572 g/mol. The van der Waals surface area contributed by atoms with Crippen molar-refractivity contribution < 1.29 is 29.0 Å². The van der Waals surface area contributed by atoms with Crippen molar-refractivity contribution in [3.05, 3.63) is 64.8 Å². The quantitative estimate of drug-likeness (QED) is 0.279. The highest BCUT2D eigenvalue weighted by Gasteiger charge is 2.50. The number of benzene rings is 2. The van der Waals surface area contributed by atoms with Crippen molar-refractivity contribution in [1.82, 2.24) is 20.5 Å². The summed E-state index contributed by atoms with van der Waals surface area (Å²) in [7, 11) is 0. The number of H-pyrrole nitrogens is 1. The van der Waals surface area contributed by atoms with E-state index in [4.69, 9.17) is 16.3 Å². The van der Waals surface area contributed by atoms with Gasteiger partial charge in [-0.3, -0.25) is 19.2 Å².